The molecule has 0 aromatic heterocycles. The Bertz CT molecular complexity index is 237. The molecule has 0 spiro atoms. The molecular weight excluding hydrogens is 146 g/mol. The largest absolute Gasteiger partial charge is 0.300 e. The standard InChI is InChI=1S/C11H19N/c1-6-7(2)10-9(6)8-5-12(4)11(8,10)3/h6-10H,5H2,1-4H3. The molecule has 0 radical (unpaired) electrons. The van der Waals surface area contributed by atoms with E-state index in [1.165, 1.54) is 6.54 Å². The second-order valence-corrected chi connectivity index (χ2v) is 5.53. The van der Waals surface area contributed by atoms with Crippen LogP contribution in [0, 0.1) is 29.6 Å². The summed E-state index contributed by atoms with van der Waals surface area (Å²) in [5.41, 5.74) is 0.622. The van der Waals surface area contributed by atoms with Crippen molar-refractivity contribution in [2.24, 2.45) is 29.6 Å². The van der Waals surface area contributed by atoms with Crippen LogP contribution in [-0.4, -0.2) is 24.0 Å². The molecular formula is C11H19N. The molecule has 0 N–H and O–H groups in total. The summed E-state index contributed by atoms with van der Waals surface area (Å²) in [6.45, 7) is 8.74. The van der Waals surface area contributed by atoms with E-state index < -0.39 is 0 Å². The van der Waals surface area contributed by atoms with Crippen molar-refractivity contribution in [2.75, 3.05) is 13.6 Å². The van der Waals surface area contributed by atoms with Crippen LogP contribution >= 0.6 is 0 Å². The number of rotatable bonds is 0. The van der Waals surface area contributed by atoms with Gasteiger partial charge in [0, 0.05) is 12.1 Å². The first-order chi connectivity index (χ1) is 5.58. The zero-order valence-electron chi connectivity index (χ0n) is 8.54. The number of hydrogen-bond donors (Lipinski definition) is 0. The van der Waals surface area contributed by atoms with Crippen LogP contribution in [0.3, 0.4) is 0 Å². The molecule has 0 bridgehead atoms. The number of nitrogens with zero attached hydrogens (tertiary/aromatic N) is 1. The molecule has 3 fully saturated rings. The minimum Gasteiger partial charge on any atom is -0.300 e. The topological polar surface area (TPSA) is 3.24 Å². The predicted molar refractivity (Wildman–Crippen MR) is 49.8 cm³/mol. The molecule has 1 nitrogen and oxygen atoms in total. The van der Waals surface area contributed by atoms with Crippen LogP contribution in [-0.2, 0) is 0 Å². The number of likely N-dealkylation sites (tertiary alicyclic amines) is 1. The van der Waals surface area contributed by atoms with E-state index >= 15 is 0 Å². The second-order valence-electron chi connectivity index (χ2n) is 5.53. The fraction of sp³-hybridized carbons (Fsp3) is 1.00. The predicted octanol–water partition coefficient (Wildman–Crippen LogP) is 1.84. The van der Waals surface area contributed by atoms with Gasteiger partial charge < -0.3 is 0 Å². The van der Waals surface area contributed by atoms with Gasteiger partial charge in [0.05, 0.1) is 0 Å². The van der Waals surface area contributed by atoms with Gasteiger partial charge in [-0.05, 0) is 43.6 Å². The minimum absolute atomic E-state index is 0.622. The highest BCUT2D eigenvalue weighted by atomic mass is 15.3. The molecule has 1 saturated heterocycles. The van der Waals surface area contributed by atoms with Crippen LogP contribution in [0.2, 0.25) is 0 Å². The van der Waals surface area contributed by atoms with Gasteiger partial charge in [0.15, 0.2) is 0 Å². The summed E-state index contributed by atoms with van der Waals surface area (Å²) >= 11 is 0. The summed E-state index contributed by atoms with van der Waals surface area (Å²) in [6, 6.07) is 0. The normalized spacial score (nSPS) is 68.5. The number of hydrogen-bond acceptors (Lipinski definition) is 1. The monoisotopic (exact) mass is 165 g/mol. The van der Waals surface area contributed by atoms with E-state index in [2.05, 4.69) is 32.7 Å². The maximum absolute atomic E-state index is 2.57. The smallest absolute Gasteiger partial charge is 0.0255 e. The summed E-state index contributed by atoms with van der Waals surface area (Å²) < 4.78 is 0. The van der Waals surface area contributed by atoms with E-state index in [-0.39, 0.29) is 0 Å². The van der Waals surface area contributed by atoms with Gasteiger partial charge in [-0.15, -0.1) is 0 Å². The maximum Gasteiger partial charge on any atom is 0.0255 e. The zero-order chi connectivity index (χ0) is 8.67. The van der Waals surface area contributed by atoms with Crippen molar-refractivity contribution in [3.8, 4) is 0 Å². The van der Waals surface area contributed by atoms with Gasteiger partial charge in [-0.3, -0.25) is 4.90 Å². The molecule has 1 aliphatic heterocycles. The molecule has 0 aromatic rings. The molecule has 68 valence electrons. The van der Waals surface area contributed by atoms with Gasteiger partial charge in [0.2, 0.25) is 0 Å². The van der Waals surface area contributed by atoms with Crippen LogP contribution < -0.4 is 0 Å². The Morgan fingerprint density at radius 3 is 2.50 bits per heavy atom. The molecule has 12 heavy (non-hydrogen) atoms. The average molecular weight is 165 g/mol. The van der Waals surface area contributed by atoms with E-state index in [9.17, 15) is 0 Å². The first kappa shape index (κ1) is 7.37. The Kier molecular flexibility index (Phi) is 1.07. The molecule has 3 aliphatic rings. The van der Waals surface area contributed by atoms with Crippen LogP contribution in [0.5, 0.6) is 0 Å². The first-order valence-electron chi connectivity index (χ1n) is 5.29. The third-order valence-electron chi connectivity index (χ3n) is 5.60. The lowest BCUT2D eigenvalue weighted by Gasteiger charge is -2.81. The molecule has 0 amide bonds. The minimum atomic E-state index is 0.622. The van der Waals surface area contributed by atoms with Crippen molar-refractivity contribution >= 4 is 0 Å². The Morgan fingerprint density at radius 1 is 1.25 bits per heavy atom. The highest BCUT2D eigenvalue weighted by Gasteiger charge is 2.74. The van der Waals surface area contributed by atoms with Gasteiger partial charge in [-0.2, -0.15) is 0 Å². The number of piperidine rings is 1. The van der Waals surface area contributed by atoms with Gasteiger partial charge in [0.25, 0.3) is 0 Å². The molecule has 6 atom stereocenters. The fourth-order valence-corrected chi connectivity index (χ4v) is 4.49. The van der Waals surface area contributed by atoms with E-state index in [4.69, 9.17) is 0 Å². The third kappa shape index (κ3) is 0.454. The number of fused-ring (bicyclic) bond motifs is 4. The van der Waals surface area contributed by atoms with Crippen molar-refractivity contribution in [1.29, 1.82) is 0 Å². The highest BCUT2D eigenvalue weighted by Crippen LogP contribution is 2.71. The van der Waals surface area contributed by atoms with E-state index in [0.717, 1.165) is 29.6 Å². The van der Waals surface area contributed by atoms with Crippen molar-refractivity contribution in [3.05, 3.63) is 0 Å². The van der Waals surface area contributed by atoms with Gasteiger partial charge in [0.1, 0.15) is 0 Å². The van der Waals surface area contributed by atoms with Crippen LogP contribution in [0.25, 0.3) is 0 Å². The summed E-state index contributed by atoms with van der Waals surface area (Å²) in [5, 5.41) is 0. The molecule has 6 unspecified atom stereocenters. The zero-order valence-corrected chi connectivity index (χ0v) is 8.54. The Morgan fingerprint density at radius 2 is 1.92 bits per heavy atom. The van der Waals surface area contributed by atoms with Crippen molar-refractivity contribution < 1.29 is 0 Å². The lowest BCUT2D eigenvalue weighted by Crippen LogP contribution is -2.85. The second kappa shape index (κ2) is 1.75. The van der Waals surface area contributed by atoms with Crippen LogP contribution in [0.15, 0.2) is 0 Å². The van der Waals surface area contributed by atoms with Gasteiger partial charge >= 0.3 is 0 Å². The van der Waals surface area contributed by atoms with E-state index in [1.54, 1.807) is 0 Å². The Labute approximate surface area is 75.1 Å². The Hall–Kier alpha value is -0.0400. The molecule has 2 saturated carbocycles. The molecule has 1 heterocycles. The molecule has 2 aliphatic carbocycles. The van der Waals surface area contributed by atoms with Gasteiger partial charge in [-0.25, -0.2) is 0 Å². The quantitative estimate of drug-likeness (QED) is 0.529. The van der Waals surface area contributed by atoms with Crippen molar-refractivity contribution in [3.63, 3.8) is 0 Å². The molecule has 3 rings (SSSR count). The fourth-order valence-electron chi connectivity index (χ4n) is 4.49. The first-order valence-corrected chi connectivity index (χ1v) is 5.29. The lowest BCUT2D eigenvalue weighted by molar-refractivity contribution is -0.316. The van der Waals surface area contributed by atoms with Crippen LogP contribution in [0.4, 0.5) is 0 Å². The average Bonchev–Trinajstić information content (AvgIpc) is 2.07. The molecule has 1 heteroatoms. The summed E-state index contributed by atoms with van der Waals surface area (Å²) in [7, 11) is 2.29. The van der Waals surface area contributed by atoms with Crippen molar-refractivity contribution in [2.45, 2.75) is 26.3 Å². The van der Waals surface area contributed by atoms with Gasteiger partial charge in [-0.1, -0.05) is 13.8 Å². The third-order valence-corrected chi connectivity index (χ3v) is 5.60. The van der Waals surface area contributed by atoms with Crippen molar-refractivity contribution in [1.82, 2.24) is 4.90 Å². The highest BCUT2D eigenvalue weighted by molar-refractivity contribution is 5.26. The van der Waals surface area contributed by atoms with Crippen LogP contribution in [0.1, 0.15) is 20.8 Å². The van der Waals surface area contributed by atoms with E-state index in [1.807, 2.05) is 0 Å². The Balaban J connectivity index is 1.87. The maximum atomic E-state index is 2.57. The molecule has 0 aromatic carbocycles. The summed E-state index contributed by atoms with van der Waals surface area (Å²) in [5.74, 6) is 5.19. The summed E-state index contributed by atoms with van der Waals surface area (Å²) in [4.78, 5) is 2.57. The SMILES string of the molecule is CC1C(C)C2C1C1CN(C)C12C. The van der Waals surface area contributed by atoms with E-state index in [0.29, 0.717) is 5.54 Å². The summed E-state index contributed by atoms with van der Waals surface area (Å²) in [6.07, 6.45) is 0. The lowest BCUT2D eigenvalue weighted by atomic mass is 9.32.